The first kappa shape index (κ1) is 24.3. The third-order valence-corrected chi connectivity index (χ3v) is 6.68. The summed E-state index contributed by atoms with van der Waals surface area (Å²) < 4.78 is 5.71. The van der Waals surface area contributed by atoms with E-state index in [1.807, 2.05) is 12.3 Å². The second-order valence-electron chi connectivity index (χ2n) is 7.53. The first-order valence-electron chi connectivity index (χ1n) is 10.3. The molecule has 3 aromatic rings. The third kappa shape index (κ3) is 5.47. The molecule has 1 saturated heterocycles. The number of nitrogens with zero attached hydrogens (tertiary/aromatic N) is 2. The number of rotatable bonds is 7. The van der Waals surface area contributed by atoms with E-state index in [9.17, 15) is 24.5 Å². The van der Waals surface area contributed by atoms with Crippen LogP contribution in [0.3, 0.4) is 0 Å². The number of thioether (sulfide) groups is 2. The molecule has 3 amide bonds. The fraction of sp³-hybridized carbons (Fsp3) is 0.125. The van der Waals surface area contributed by atoms with Gasteiger partial charge in [-0.25, -0.2) is 0 Å². The van der Waals surface area contributed by atoms with E-state index in [2.05, 4.69) is 5.32 Å². The highest BCUT2D eigenvalue weighted by molar-refractivity contribution is 8.18. The van der Waals surface area contributed by atoms with Gasteiger partial charge < -0.3 is 9.73 Å². The van der Waals surface area contributed by atoms with E-state index >= 15 is 0 Å². The molecule has 1 N–H and O–H groups in total. The number of benzene rings is 2. The van der Waals surface area contributed by atoms with E-state index in [-0.39, 0.29) is 22.1 Å². The van der Waals surface area contributed by atoms with Gasteiger partial charge in [-0.05, 0) is 66.9 Å². The van der Waals surface area contributed by atoms with Gasteiger partial charge in [-0.1, -0.05) is 12.1 Å². The number of hydrogen-bond donors (Lipinski definition) is 1. The van der Waals surface area contributed by atoms with Gasteiger partial charge in [-0.3, -0.25) is 29.4 Å². The average Bonchev–Trinajstić information content (AvgIpc) is 3.39. The fourth-order valence-electron chi connectivity index (χ4n) is 3.39. The second kappa shape index (κ2) is 10.2. The molecule has 35 heavy (non-hydrogen) atoms. The number of amides is 3. The van der Waals surface area contributed by atoms with Gasteiger partial charge in [0.05, 0.1) is 15.4 Å². The summed E-state index contributed by atoms with van der Waals surface area (Å²) >= 11 is 2.22. The zero-order chi connectivity index (χ0) is 25.1. The number of hydrogen-bond acceptors (Lipinski definition) is 8. The van der Waals surface area contributed by atoms with Crippen LogP contribution in [-0.2, 0) is 9.59 Å². The van der Waals surface area contributed by atoms with Gasteiger partial charge in [0.25, 0.3) is 16.8 Å². The zero-order valence-corrected chi connectivity index (χ0v) is 20.3. The van der Waals surface area contributed by atoms with Crippen molar-refractivity contribution in [1.29, 1.82) is 0 Å². The number of nitro groups is 1. The van der Waals surface area contributed by atoms with Crippen LogP contribution in [0.5, 0.6) is 0 Å². The Bertz CT molecular complexity index is 1380. The normalized spacial score (nSPS) is 14.6. The molecule has 1 aliphatic heterocycles. The molecule has 0 aliphatic carbocycles. The Hall–Kier alpha value is -3.83. The van der Waals surface area contributed by atoms with Crippen molar-refractivity contribution in [1.82, 2.24) is 4.90 Å². The number of imide groups is 1. The van der Waals surface area contributed by atoms with Gasteiger partial charge in [-0.2, -0.15) is 0 Å². The maximum absolute atomic E-state index is 12.8. The van der Waals surface area contributed by atoms with Crippen LogP contribution in [0.2, 0.25) is 0 Å². The summed E-state index contributed by atoms with van der Waals surface area (Å²) in [6.07, 6.45) is 3.30. The van der Waals surface area contributed by atoms with Crippen LogP contribution < -0.4 is 5.32 Å². The predicted octanol–water partition coefficient (Wildman–Crippen LogP) is 5.56. The van der Waals surface area contributed by atoms with Gasteiger partial charge in [0, 0.05) is 22.7 Å². The first-order valence-corrected chi connectivity index (χ1v) is 12.3. The van der Waals surface area contributed by atoms with Crippen molar-refractivity contribution in [3.8, 4) is 11.3 Å². The van der Waals surface area contributed by atoms with E-state index in [4.69, 9.17) is 4.42 Å². The standard InChI is InChI=1S/C24H19N3O6S2/c1-14-6-8-18(19(10-14)27(31)32)20-9-7-16(33-20)12-21-23(29)26(24(30)35-21)13-22(28)25-15-4-3-5-17(11-15)34-2/h3-12H,13H2,1-2H3,(H,25,28)/b21-12+. The van der Waals surface area contributed by atoms with E-state index in [1.54, 1.807) is 49.4 Å². The number of furan rings is 1. The van der Waals surface area contributed by atoms with Gasteiger partial charge in [0.2, 0.25) is 5.91 Å². The van der Waals surface area contributed by atoms with Crippen LogP contribution in [0.4, 0.5) is 16.2 Å². The summed E-state index contributed by atoms with van der Waals surface area (Å²) in [7, 11) is 0. The average molecular weight is 510 g/mol. The van der Waals surface area contributed by atoms with Gasteiger partial charge in [-0.15, -0.1) is 11.8 Å². The van der Waals surface area contributed by atoms with Crippen molar-refractivity contribution in [3.05, 3.63) is 80.9 Å². The highest BCUT2D eigenvalue weighted by atomic mass is 32.2. The maximum atomic E-state index is 12.8. The lowest BCUT2D eigenvalue weighted by Gasteiger charge is -2.12. The molecule has 4 rings (SSSR count). The Morgan fingerprint density at radius 3 is 2.74 bits per heavy atom. The van der Waals surface area contributed by atoms with E-state index in [1.165, 1.54) is 23.9 Å². The molecule has 178 valence electrons. The molecule has 0 bridgehead atoms. The highest BCUT2D eigenvalue weighted by Gasteiger charge is 2.36. The Labute approximate surface area is 208 Å². The quantitative estimate of drug-likeness (QED) is 0.190. The van der Waals surface area contributed by atoms with Gasteiger partial charge in [0.1, 0.15) is 18.1 Å². The molecule has 2 heterocycles. The van der Waals surface area contributed by atoms with E-state index < -0.39 is 28.5 Å². The monoisotopic (exact) mass is 509 g/mol. The summed E-state index contributed by atoms with van der Waals surface area (Å²) in [6.45, 7) is 1.33. The molecule has 9 nitrogen and oxygen atoms in total. The minimum atomic E-state index is -0.618. The van der Waals surface area contributed by atoms with Crippen LogP contribution >= 0.6 is 23.5 Å². The van der Waals surface area contributed by atoms with Gasteiger partial charge in [0.15, 0.2) is 0 Å². The fourth-order valence-corrected chi connectivity index (χ4v) is 4.66. The van der Waals surface area contributed by atoms with Crippen molar-refractivity contribution in [2.75, 3.05) is 18.1 Å². The van der Waals surface area contributed by atoms with Crippen molar-refractivity contribution in [2.24, 2.45) is 0 Å². The SMILES string of the molecule is CSc1cccc(NC(=O)CN2C(=O)S/C(=C/c3ccc(-c4ccc(C)cc4[N+](=O)[O-])o3)C2=O)c1. The van der Waals surface area contributed by atoms with Crippen molar-refractivity contribution < 1.29 is 23.7 Å². The van der Waals surface area contributed by atoms with Crippen molar-refractivity contribution in [3.63, 3.8) is 0 Å². The molecule has 0 unspecified atom stereocenters. The van der Waals surface area contributed by atoms with Crippen molar-refractivity contribution >= 4 is 58.0 Å². The summed E-state index contributed by atoms with van der Waals surface area (Å²) in [6, 6.07) is 15.1. The van der Waals surface area contributed by atoms with Crippen LogP contribution in [-0.4, -0.2) is 39.7 Å². The maximum Gasteiger partial charge on any atom is 0.294 e. The zero-order valence-electron chi connectivity index (χ0n) is 18.6. The van der Waals surface area contributed by atoms with Gasteiger partial charge >= 0.3 is 0 Å². The minimum Gasteiger partial charge on any atom is -0.456 e. The number of carbonyl (C=O) groups is 3. The smallest absolute Gasteiger partial charge is 0.294 e. The molecule has 2 aromatic carbocycles. The van der Waals surface area contributed by atoms with Crippen LogP contribution in [0.1, 0.15) is 11.3 Å². The van der Waals surface area contributed by atoms with Crippen LogP contribution in [0.25, 0.3) is 17.4 Å². The molecule has 1 fully saturated rings. The lowest BCUT2D eigenvalue weighted by molar-refractivity contribution is -0.384. The highest BCUT2D eigenvalue weighted by Crippen LogP contribution is 2.35. The number of nitrogens with one attached hydrogen (secondary N) is 1. The van der Waals surface area contributed by atoms with E-state index in [0.29, 0.717) is 23.0 Å². The Kier molecular flexibility index (Phi) is 7.08. The summed E-state index contributed by atoms with van der Waals surface area (Å²) in [5.74, 6) is -0.612. The number of carbonyl (C=O) groups excluding carboxylic acids is 3. The Morgan fingerprint density at radius 1 is 1.20 bits per heavy atom. The number of nitro benzene ring substituents is 1. The molecule has 11 heteroatoms. The van der Waals surface area contributed by atoms with Crippen LogP contribution in [0, 0.1) is 17.0 Å². The molecule has 0 spiro atoms. The van der Waals surface area contributed by atoms with Crippen molar-refractivity contribution in [2.45, 2.75) is 11.8 Å². The molecular weight excluding hydrogens is 490 g/mol. The second-order valence-corrected chi connectivity index (χ2v) is 9.40. The minimum absolute atomic E-state index is 0.0893. The van der Waals surface area contributed by atoms with E-state index in [0.717, 1.165) is 15.4 Å². The largest absolute Gasteiger partial charge is 0.456 e. The molecule has 1 aromatic heterocycles. The molecular formula is C24H19N3O6S2. The Morgan fingerprint density at radius 2 is 2.00 bits per heavy atom. The lowest BCUT2D eigenvalue weighted by atomic mass is 10.1. The molecule has 1 aliphatic rings. The van der Waals surface area contributed by atoms with Crippen LogP contribution in [0.15, 0.2) is 68.8 Å². The predicted molar refractivity (Wildman–Crippen MR) is 135 cm³/mol. The summed E-state index contributed by atoms with van der Waals surface area (Å²) in [5.41, 5.74) is 1.51. The number of aryl methyl sites for hydroxylation is 1. The Balaban J connectivity index is 1.48. The topological polar surface area (TPSA) is 123 Å². The molecule has 0 radical (unpaired) electrons. The number of anilines is 1. The lowest BCUT2D eigenvalue weighted by Crippen LogP contribution is -2.36. The third-order valence-electron chi connectivity index (χ3n) is 5.04. The molecule has 0 atom stereocenters. The summed E-state index contributed by atoms with van der Waals surface area (Å²) in [5, 5.41) is 13.5. The first-order chi connectivity index (χ1) is 16.7. The summed E-state index contributed by atoms with van der Waals surface area (Å²) in [4.78, 5) is 50.4. The molecule has 0 saturated carbocycles.